The average Bonchev–Trinajstić information content (AvgIpc) is 2.38. The van der Waals surface area contributed by atoms with Gasteiger partial charge in [-0.2, -0.15) is 0 Å². The molecule has 2 heterocycles. The Balaban J connectivity index is 2.10. The molecule has 0 aromatic heterocycles. The maximum Gasteiger partial charge on any atom is 0.320 e. The lowest BCUT2D eigenvalue weighted by Gasteiger charge is -2.44. The fourth-order valence-corrected chi connectivity index (χ4v) is 3.22. The van der Waals surface area contributed by atoms with Crippen molar-refractivity contribution < 1.29 is 19.4 Å². The number of carboxylic acid groups (broad SMARTS) is 1. The number of likely N-dealkylation sites (tertiary alicyclic amines) is 1. The summed E-state index contributed by atoms with van der Waals surface area (Å²) in [6, 6.07) is 0.0634. The number of rotatable bonds is 2. The number of carbonyl (C=O) groups is 2. The Bertz CT molecular complexity index is 364. The molecule has 2 aliphatic rings. The lowest BCUT2D eigenvalue weighted by molar-refractivity contribution is -0.139. The van der Waals surface area contributed by atoms with Gasteiger partial charge >= 0.3 is 12.0 Å². The summed E-state index contributed by atoms with van der Waals surface area (Å²) in [5.74, 6) is -0.891. The number of ether oxygens (including phenoxy) is 1. The van der Waals surface area contributed by atoms with Crippen LogP contribution >= 0.6 is 0 Å². The van der Waals surface area contributed by atoms with Crippen molar-refractivity contribution in [2.75, 3.05) is 19.8 Å². The van der Waals surface area contributed by atoms with Gasteiger partial charge in [0.25, 0.3) is 0 Å². The predicted octanol–water partition coefficient (Wildman–Crippen LogP) is 1.54. The topological polar surface area (TPSA) is 70.1 Å². The summed E-state index contributed by atoms with van der Waals surface area (Å²) >= 11 is 0. The zero-order valence-electron chi connectivity index (χ0n) is 12.2. The Kier molecular flexibility index (Phi) is 4.86. The molecule has 0 radical (unpaired) electrons. The first-order valence-corrected chi connectivity index (χ1v) is 7.39. The molecule has 1 N–H and O–H groups in total. The van der Waals surface area contributed by atoms with E-state index < -0.39 is 5.97 Å². The van der Waals surface area contributed by atoms with Crippen LogP contribution in [0, 0.1) is 0 Å². The second-order valence-corrected chi connectivity index (χ2v) is 5.84. The smallest absolute Gasteiger partial charge is 0.320 e. The summed E-state index contributed by atoms with van der Waals surface area (Å²) in [5, 5.41) is 8.97. The van der Waals surface area contributed by atoms with E-state index in [4.69, 9.17) is 9.84 Å². The Morgan fingerprint density at radius 3 is 2.50 bits per heavy atom. The molecule has 3 atom stereocenters. The van der Waals surface area contributed by atoms with Crippen LogP contribution in [0.2, 0.25) is 0 Å². The molecular formula is C14H24N2O4. The second-order valence-electron chi connectivity index (χ2n) is 5.84. The standard InChI is InChI=1S/C14H24N2O4/c1-10-4-3-5-11(2)16(10)14(19)15-6-7-20-9-12(15)8-13(17)18/h10-12H,3-9H2,1-2H3,(H,17,18)/t10-,11+,12?. The molecule has 6 nitrogen and oxygen atoms in total. The van der Waals surface area contributed by atoms with E-state index in [0.29, 0.717) is 19.8 Å². The van der Waals surface area contributed by atoms with Crippen LogP contribution in [0.5, 0.6) is 0 Å². The number of amides is 2. The van der Waals surface area contributed by atoms with E-state index in [-0.39, 0.29) is 30.6 Å². The minimum absolute atomic E-state index is 0.0285. The van der Waals surface area contributed by atoms with Crippen molar-refractivity contribution in [2.45, 2.75) is 57.7 Å². The number of carboxylic acids is 1. The molecule has 0 aromatic rings. The highest BCUT2D eigenvalue weighted by Gasteiger charge is 2.36. The minimum Gasteiger partial charge on any atom is -0.481 e. The van der Waals surface area contributed by atoms with Crippen molar-refractivity contribution >= 4 is 12.0 Å². The Morgan fingerprint density at radius 2 is 1.90 bits per heavy atom. The number of morpholine rings is 1. The lowest BCUT2D eigenvalue weighted by atomic mass is 9.98. The summed E-state index contributed by atoms with van der Waals surface area (Å²) in [5.41, 5.74) is 0. The van der Waals surface area contributed by atoms with Gasteiger partial charge in [-0.3, -0.25) is 4.79 Å². The van der Waals surface area contributed by atoms with E-state index >= 15 is 0 Å². The van der Waals surface area contributed by atoms with Crippen molar-refractivity contribution in [3.63, 3.8) is 0 Å². The third kappa shape index (κ3) is 3.23. The summed E-state index contributed by atoms with van der Waals surface area (Å²) in [7, 11) is 0. The molecule has 20 heavy (non-hydrogen) atoms. The second kappa shape index (κ2) is 6.43. The first-order chi connectivity index (χ1) is 9.50. The summed E-state index contributed by atoms with van der Waals surface area (Å²) in [6.07, 6.45) is 3.13. The SMILES string of the molecule is C[C@@H]1CCC[C@H](C)N1C(=O)N1CCOCC1CC(=O)O. The van der Waals surface area contributed by atoms with E-state index in [9.17, 15) is 9.59 Å². The van der Waals surface area contributed by atoms with Gasteiger partial charge in [-0.15, -0.1) is 0 Å². The molecule has 0 bridgehead atoms. The molecule has 6 heteroatoms. The maximum atomic E-state index is 12.8. The van der Waals surface area contributed by atoms with Crippen molar-refractivity contribution in [2.24, 2.45) is 0 Å². The quantitative estimate of drug-likeness (QED) is 0.835. The number of urea groups is 1. The molecule has 1 unspecified atom stereocenters. The predicted molar refractivity (Wildman–Crippen MR) is 73.6 cm³/mol. The monoisotopic (exact) mass is 284 g/mol. The zero-order valence-corrected chi connectivity index (χ0v) is 12.2. The number of aliphatic carboxylic acids is 1. The molecular weight excluding hydrogens is 260 g/mol. The Hall–Kier alpha value is -1.30. The van der Waals surface area contributed by atoms with Crippen molar-refractivity contribution in [1.29, 1.82) is 0 Å². The van der Waals surface area contributed by atoms with Gasteiger partial charge in [0, 0.05) is 18.6 Å². The van der Waals surface area contributed by atoms with Gasteiger partial charge in [-0.1, -0.05) is 0 Å². The van der Waals surface area contributed by atoms with Crippen molar-refractivity contribution in [3.8, 4) is 0 Å². The van der Waals surface area contributed by atoms with E-state index in [0.717, 1.165) is 19.3 Å². The molecule has 2 saturated heterocycles. The number of hydrogen-bond acceptors (Lipinski definition) is 3. The molecule has 0 aromatic carbocycles. The molecule has 0 spiro atoms. The summed E-state index contributed by atoms with van der Waals surface area (Å²) < 4.78 is 5.33. The first-order valence-electron chi connectivity index (χ1n) is 7.39. The van der Waals surface area contributed by atoms with Gasteiger partial charge in [-0.05, 0) is 33.1 Å². The molecule has 2 aliphatic heterocycles. The molecule has 0 saturated carbocycles. The highest BCUT2D eigenvalue weighted by molar-refractivity contribution is 5.77. The molecule has 114 valence electrons. The molecule has 2 rings (SSSR count). The average molecular weight is 284 g/mol. The van der Waals surface area contributed by atoms with Gasteiger partial charge in [0.2, 0.25) is 0 Å². The normalized spacial score (nSPS) is 31.2. The number of carbonyl (C=O) groups excluding carboxylic acids is 1. The van der Waals surface area contributed by atoms with Crippen LogP contribution in [-0.2, 0) is 9.53 Å². The largest absolute Gasteiger partial charge is 0.481 e. The van der Waals surface area contributed by atoms with Crippen molar-refractivity contribution in [1.82, 2.24) is 9.80 Å². The van der Waals surface area contributed by atoms with E-state index in [1.54, 1.807) is 4.90 Å². The summed E-state index contributed by atoms with van der Waals surface area (Å²) in [4.78, 5) is 27.3. The summed E-state index contributed by atoms with van der Waals surface area (Å²) in [6.45, 7) is 5.42. The van der Waals surface area contributed by atoms with Gasteiger partial charge in [0.15, 0.2) is 0 Å². The van der Waals surface area contributed by atoms with Crippen LogP contribution in [0.15, 0.2) is 0 Å². The molecule has 2 amide bonds. The number of nitrogens with zero attached hydrogens (tertiary/aromatic N) is 2. The first kappa shape index (κ1) is 15.1. The zero-order chi connectivity index (χ0) is 14.7. The van der Waals surface area contributed by atoms with Crippen LogP contribution in [-0.4, -0.2) is 64.8 Å². The van der Waals surface area contributed by atoms with Crippen LogP contribution in [0.25, 0.3) is 0 Å². The maximum absolute atomic E-state index is 12.8. The van der Waals surface area contributed by atoms with Crippen LogP contribution in [0.3, 0.4) is 0 Å². The third-order valence-corrected chi connectivity index (χ3v) is 4.30. The fraction of sp³-hybridized carbons (Fsp3) is 0.857. The highest BCUT2D eigenvalue weighted by Crippen LogP contribution is 2.25. The van der Waals surface area contributed by atoms with Gasteiger partial charge in [-0.25, -0.2) is 4.79 Å². The Morgan fingerprint density at radius 1 is 1.25 bits per heavy atom. The van der Waals surface area contributed by atoms with Gasteiger partial charge in [0.1, 0.15) is 0 Å². The van der Waals surface area contributed by atoms with E-state index in [2.05, 4.69) is 13.8 Å². The van der Waals surface area contributed by atoms with E-state index in [1.165, 1.54) is 0 Å². The molecule has 0 aliphatic carbocycles. The lowest BCUT2D eigenvalue weighted by Crippen LogP contribution is -2.58. The Labute approximate surface area is 119 Å². The molecule has 2 fully saturated rings. The van der Waals surface area contributed by atoms with Gasteiger partial charge < -0.3 is 19.6 Å². The third-order valence-electron chi connectivity index (χ3n) is 4.30. The number of piperidine rings is 1. The van der Waals surface area contributed by atoms with Crippen LogP contribution < -0.4 is 0 Å². The van der Waals surface area contributed by atoms with Crippen LogP contribution in [0.1, 0.15) is 39.5 Å². The number of hydrogen-bond donors (Lipinski definition) is 1. The fourth-order valence-electron chi connectivity index (χ4n) is 3.22. The highest BCUT2D eigenvalue weighted by atomic mass is 16.5. The van der Waals surface area contributed by atoms with E-state index in [1.807, 2.05) is 4.90 Å². The van der Waals surface area contributed by atoms with Gasteiger partial charge in [0.05, 0.1) is 25.7 Å². The minimum atomic E-state index is -0.891. The van der Waals surface area contributed by atoms with Crippen LogP contribution in [0.4, 0.5) is 4.79 Å². The van der Waals surface area contributed by atoms with Crippen molar-refractivity contribution in [3.05, 3.63) is 0 Å².